The normalized spacial score (nSPS) is 11.6. The van der Waals surface area contributed by atoms with Crippen molar-refractivity contribution >= 4 is 16.8 Å². The molecule has 4 heteroatoms. The van der Waals surface area contributed by atoms with E-state index in [9.17, 15) is 4.79 Å². The molecule has 23 heavy (non-hydrogen) atoms. The van der Waals surface area contributed by atoms with Gasteiger partial charge >= 0.3 is 0 Å². The second-order valence-corrected chi connectivity index (χ2v) is 6.75. The van der Waals surface area contributed by atoms with Crippen LogP contribution in [0.25, 0.3) is 10.9 Å². The topological polar surface area (TPSA) is 57.8 Å². The lowest BCUT2D eigenvalue weighted by Crippen LogP contribution is -2.23. The zero-order valence-corrected chi connectivity index (χ0v) is 13.7. The second kappa shape index (κ2) is 5.88. The van der Waals surface area contributed by atoms with E-state index in [1.54, 1.807) is 0 Å². The van der Waals surface area contributed by atoms with Crippen molar-refractivity contribution in [2.75, 3.05) is 0 Å². The first kappa shape index (κ1) is 15.3. The monoisotopic (exact) mass is 307 g/mol. The first-order chi connectivity index (χ1) is 10.9. The number of H-pyrrole nitrogens is 1. The first-order valence-electron chi connectivity index (χ1n) is 7.76. The van der Waals surface area contributed by atoms with Gasteiger partial charge in [-0.15, -0.1) is 0 Å². The number of amides is 1. The van der Waals surface area contributed by atoms with E-state index in [1.807, 2.05) is 24.3 Å². The van der Waals surface area contributed by atoms with Crippen LogP contribution in [0.3, 0.4) is 0 Å². The molecular weight excluding hydrogens is 286 g/mol. The SMILES string of the molecule is CC(C)(C)c1ccc(CNC(=O)c2n[nH]c3ccccc23)cc1. The molecule has 0 aliphatic carbocycles. The average Bonchev–Trinajstić information content (AvgIpc) is 2.96. The molecule has 0 unspecified atom stereocenters. The number of hydrogen-bond acceptors (Lipinski definition) is 2. The second-order valence-electron chi connectivity index (χ2n) is 6.75. The van der Waals surface area contributed by atoms with E-state index in [0.29, 0.717) is 12.2 Å². The first-order valence-corrected chi connectivity index (χ1v) is 7.76. The number of nitrogens with one attached hydrogen (secondary N) is 2. The van der Waals surface area contributed by atoms with E-state index in [4.69, 9.17) is 0 Å². The summed E-state index contributed by atoms with van der Waals surface area (Å²) in [4.78, 5) is 12.3. The maximum atomic E-state index is 12.3. The largest absolute Gasteiger partial charge is 0.347 e. The van der Waals surface area contributed by atoms with Gasteiger partial charge in [0, 0.05) is 11.9 Å². The van der Waals surface area contributed by atoms with Crippen molar-refractivity contribution in [2.24, 2.45) is 0 Å². The Morgan fingerprint density at radius 1 is 1.09 bits per heavy atom. The van der Waals surface area contributed by atoms with Crippen LogP contribution in [-0.4, -0.2) is 16.1 Å². The Morgan fingerprint density at radius 2 is 1.78 bits per heavy atom. The number of aromatic amines is 1. The molecule has 0 aliphatic rings. The van der Waals surface area contributed by atoms with Crippen molar-refractivity contribution in [1.82, 2.24) is 15.5 Å². The van der Waals surface area contributed by atoms with Crippen molar-refractivity contribution < 1.29 is 4.79 Å². The fourth-order valence-corrected chi connectivity index (χ4v) is 2.53. The Balaban J connectivity index is 1.69. The van der Waals surface area contributed by atoms with Crippen LogP contribution in [0.1, 0.15) is 42.4 Å². The molecule has 3 rings (SSSR count). The van der Waals surface area contributed by atoms with Crippen molar-refractivity contribution in [2.45, 2.75) is 32.7 Å². The van der Waals surface area contributed by atoms with E-state index < -0.39 is 0 Å². The van der Waals surface area contributed by atoms with Crippen LogP contribution in [0.2, 0.25) is 0 Å². The molecule has 0 atom stereocenters. The number of carbonyl (C=O) groups excluding carboxylic acids is 1. The molecule has 0 saturated heterocycles. The quantitative estimate of drug-likeness (QED) is 0.773. The van der Waals surface area contributed by atoms with E-state index >= 15 is 0 Å². The summed E-state index contributed by atoms with van der Waals surface area (Å²) >= 11 is 0. The van der Waals surface area contributed by atoms with Gasteiger partial charge in [0.1, 0.15) is 0 Å². The third kappa shape index (κ3) is 3.26. The molecule has 1 aromatic heterocycles. The lowest BCUT2D eigenvalue weighted by molar-refractivity contribution is 0.0947. The molecule has 0 spiro atoms. The van der Waals surface area contributed by atoms with Gasteiger partial charge in [-0.25, -0.2) is 0 Å². The molecule has 1 heterocycles. The average molecular weight is 307 g/mol. The van der Waals surface area contributed by atoms with Crippen LogP contribution >= 0.6 is 0 Å². The summed E-state index contributed by atoms with van der Waals surface area (Å²) in [7, 11) is 0. The van der Waals surface area contributed by atoms with Crippen LogP contribution in [0.5, 0.6) is 0 Å². The molecule has 1 amide bonds. The highest BCUT2D eigenvalue weighted by molar-refractivity contribution is 6.04. The van der Waals surface area contributed by atoms with Gasteiger partial charge in [0.05, 0.1) is 5.52 Å². The lowest BCUT2D eigenvalue weighted by Gasteiger charge is -2.19. The van der Waals surface area contributed by atoms with Crippen LogP contribution in [-0.2, 0) is 12.0 Å². The minimum atomic E-state index is -0.164. The summed E-state index contributed by atoms with van der Waals surface area (Å²) in [5.74, 6) is -0.164. The summed E-state index contributed by atoms with van der Waals surface area (Å²) < 4.78 is 0. The highest BCUT2D eigenvalue weighted by Crippen LogP contribution is 2.22. The molecular formula is C19H21N3O. The van der Waals surface area contributed by atoms with Gasteiger partial charge in [-0.05, 0) is 22.6 Å². The number of aromatic nitrogens is 2. The van der Waals surface area contributed by atoms with Crippen LogP contribution in [0, 0.1) is 0 Å². The van der Waals surface area contributed by atoms with Gasteiger partial charge in [-0.1, -0.05) is 63.2 Å². The molecule has 0 bridgehead atoms. The van der Waals surface area contributed by atoms with Crippen molar-refractivity contribution in [3.8, 4) is 0 Å². The molecule has 2 N–H and O–H groups in total. The smallest absolute Gasteiger partial charge is 0.272 e. The summed E-state index contributed by atoms with van der Waals surface area (Å²) in [5, 5.41) is 10.8. The van der Waals surface area contributed by atoms with Gasteiger partial charge in [-0.3, -0.25) is 9.89 Å². The number of para-hydroxylation sites is 1. The maximum Gasteiger partial charge on any atom is 0.272 e. The van der Waals surface area contributed by atoms with Gasteiger partial charge in [-0.2, -0.15) is 5.10 Å². The molecule has 0 radical (unpaired) electrons. The zero-order valence-electron chi connectivity index (χ0n) is 13.7. The lowest BCUT2D eigenvalue weighted by atomic mass is 9.87. The minimum absolute atomic E-state index is 0.135. The standard InChI is InChI=1S/C19H21N3O/c1-19(2,3)14-10-8-13(9-11-14)12-20-18(23)17-15-6-4-5-7-16(15)21-22-17/h4-11H,12H2,1-3H3,(H,20,23)(H,21,22). The highest BCUT2D eigenvalue weighted by atomic mass is 16.1. The van der Waals surface area contributed by atoms with Crippen LogP contribution < -0.4 is 5.32 Å². The fraction of sp³-hybridized carbons (Fsp3) is 0.263. The van der Waals surface area contributed by atoms with Gasteiger partial charge in [0.15, 0.2) is 5.69 Å². The van der Waals surface area contributed by atoms with Crippen LogP contribution in [0.4, 0.5) is 0 Å². The summed E-state index contributed by atoms with van der Waals surface area (Å²) in [5.41, 5.74) is 3.80. The van der Waals surface area contributed by atoms with Crippen molar-refractivity contribution in [1.29, 1.82) is 0 Å². The van der Waals surface area contributed by atoms with Gasteiger partial charge in [0.25, 0.3) is 5.91 Å². The molecule has 118 valence electrons. The molecule has 0 aliphatic heterocycles. The molecule has 0 fully saturated rings. The van der Waals surface area contributed by atoms with E-state index in [2.05, 4.69) is 60.6 Å². The summed E-state index contributed by atoms with van der Waals surface area (Å²) in [6.07, 6.45) is 0. The molecule has 4 nitrogen and oxygen atoms in total. The highest BCUT2D eigenvalue weighted by Gasteiger charge is 2.14. The Hall–Kier alpha value is -2.62. The van der Waals surface area contributed by atoms with E-state index in [1.165, 1.54) is 5.56 Å². The van der Waals surface area contributed by atoms with Gasteiger partial charge < -0.3 is 5.32 Å². The van der Waals surface area contributed by atoms with E-state index in [-0.39, 0.29) is 11.3 Å². The third-order valence-electron chi connectivity index (χ3n) is 3.96. The molecule has 0 saturated carbocycles. The third-order valence-corrected chi connectivity index (χ3v) is 3.96. The number of benzene rings is 2. The Morgan fingerprint density at radius 3 is 2.48 bits per heavy atom. The van der Waals surface area contributed by atoms with Crippen molar-refractivity contribution in [3.05, 3.63) is 65.4 Å². The molecule has 2 aromatic carbocycles. The minimum Gasteiger partial charge on any atom is -0.347 e. The number of hydrogen-bond donors (Lipinski definition) is 2. The molecule has 3 aromatic rings. The van der Waals surface area contributed by atoms with Gasteiger partial charge in [0.2, 0.25) is 0 Å². The summed E-state index contributed by atoms with van der Waals surface area (Å²) in [6, 6.07) is 16.0. The maximum absolute atomic E-state index is 12.3. The number of nitrogens with zero attached hydrogens (tertiary/aromatic N) is 1. The van der Waals surface area contributed by atoms with E-state index in [0.717, 1.165) is 16.5 Å². The Labute approximate surface area is 135 Å². The van der Waals surface area contributed by atoms with Crippen LogP contribution in [0.15, 0.2) is 48.5 Å². The van der Waals surface area contributed by atoms with Crippen molar-refractivity contribution in [3.63, 3.8) is 0 Å². The number of carbonyl (C=O) groups is 1. The zero-order chi connectivity index (χ0) is 16.4. The predicted molar refractivity (Wildman–Crippen MR) is 92.4 cm³/mol. The Bertz CT molecular complexity index is 826. The fourth-order valence-electron chi connectivity index (χ4n) is 2.53. The number of rotatable bonds is 3. The predicted octanol–water partition coefficient (Wildman–Crippen LogP) is 3.79. The number of fused-ring (bicyclic) bond motifs is 1. The Kier molecular flexibility index (Phi) is 3.90. The summed E-state index contributed by atoms with van der Waals surface area (Å²) in [6.45, 7) is 7.05.